The Morgan fingerprint density at radius 2 is 2.43 bits per heavy atom. The normalized spacial score (nSPS) is 27.8. The lowest BCUT2D eigenvalue weighted by Gasteiger charge is -2.36. The van der Waals surface area contributed by atoms with E-state index in [-0.39, 0.29) is 12.1 Å². The lowest BCUT2D eigenvalue weighted by molar-refractivity contribution is 0.132. The fourth-order valence-corrected chi connectivity index (χ4v) is 2.97. The summed E-state index contributed by atoms with van der Waals surface area (Å²) in [5.41, 5.74) is -0.0386. The van der Waals surface area contributed by atoms with Crippen molar-refractivity contribution in [3.63, 3.8) is 0 Å². The van der Waals surface area contributed by atoms with Crippen molar-refractivity contribution in [2.24, 2.45) is 0 Å². The standard InChI is InChI=1S/C11H17NOS/c13-9-11(5-1-2-6-12-11)8-10-4-3-7-14-10/h3-4,7,12-13H,1-2,5-6,8-9H2. The summed E-state index contributed by atoms with van der Waals surface area (Å²) < 4.78 is 0. The molecular formula is C11H17NOS. The largest absolute Gasteiger partial charge is 0.394 e. The molecule has 2 N–H and O–H groups in total. The van der Waals surface area contributed by atoms with Gasteiger partial charge in [-0.3, -0.25) is 0 Å². The zero-order valence-electron chi connectivity index (χ0n) is 8.33. The van der Waals surface area contributed by atoms with E-state index in [2.05, 4.69) is 22.8 Å². The van der Waals surface area contributed by atoms with Crippen LogP contribution >= 0.6 is 11.3 Å². The number of nitrogens with one attached hydrogen (secondary N) is 1. The Balaban J connectivity index is 2.04. The smallest absolute Gasteiger partial charge is 0.0616 e. The predicted molar refractivity (Wildman–Crippen MR) is 59.7 cm³/mol. The minimum atomic E-state index is -0.0386. The molecular weight excluding hydrogens is 194 g/mol. The SMILES string of the molecule is OCC1(Cc2cccs2)CCCCN1. The third kappa shape index (κ3) is 2.16. The Morgan fingerprint density at radius 1 is 1.50 bits per heavy atom. The van der Waals surface area contributed by atoms with E-state index in [4.69, 9.17) is 0 Å². The fraction of sp³-hybridized carbons (Fsp3) is 0.636. The third-order valence-electron chi connectivity index (χ3n) is 2.98. The van der Waals surface area contributed by atoms with Crippen LogP contribution < -0.4 is 5.32 Å². The minimum Gasteiger partial charge on any atom is -0.394 e. The lowest BCUT2D eigenvalue weighted by Crippen LogP contribution is -2.52. The number of hydrogen-bond donors (Lipinski definition) is 2. The molecule has 1 aliphatic rings. The number of aliphatic hydroxyl groups excluding tert-OH is 1. The Kier molecular flexibility index (Phi) is 3.21. The fourth-order valence-electron chi connectivity index (χ4n) is 2.12. The molecule has 1 aliphatic heterocycles. The maximum Gasteiger partial charge on any atom is 0.0616 e. The van der Waals surface area contributed by atoms with Gasteiger partial charge in [-0.25, -0.2) is 0 Å². The van der Waals surface area contributed by atoms with Crippen molar-refractivity contribution < 1.29 is 5.11 Å². The zero-order valence-corrected chi connectivity index (χ0v) is 9.15. The summed E-state index contributed by atoms with van der Waals surface area (Å²) in [5.74, 6) is 0. The molecule has 3 heteroatoms. The second-order valence-electron chi connectivity index (χ2n) is 4.08. The van der Waals surface area contributed by atoms with Crippen LogP contribution in [0.15, 0.2) is 17.5 Å². The first kappa shape index (κ1) is 10.1. The summed E-state index contributed by atoms with van der Waals surface area (Å²) in [4.78, 5) is 1.37. The van der Waals surface area contributed by atoms with Crippen LogP contribution in [0.5, 0.6) is 0 Å². The molecule has 1 saturated heterocycles. The molecule has 2 heterocycles. The van der Waals surface area contributed by atoms with Crippen LogP contribution in [0, 0.1) is 0 Å². The number of aliphatic hydroxyl groups is 1. The molecule has 1 aromatic rings. The van der Waals surface area contributed by atoms with E-state index in [0.717, 1.165) is 19.4 Å². The summed E-state index contributed by atoms with van der Waals surface area (Å²) in [5, 5.41) is 15.1. The molecule has 0 amide bonds. The Morgan fingerprint density at radius 3 is 3.00 bits per heavy atom. The average molecular weight is 211 g/mol. The van der Waals surface area contributed by atoms with Gasteiger partial charge in [0, 0.05) is 16.8 Å². The van der Waals surface area contributed by atoms with Gasteiger partial charge in [-0.2, -0.15) is 0 Å². The molecule has 14 heavy (non-hydrogen) atoms. The highest BCUT2D eigenvalue weighted by Gasteiger charge is 2.31. The molecule has 0 aromatic carbocycles. The highest BCUT2D eigenvalue weighted by molar-refractivity contribution is 7.09. The topological polar surface area (TPSA) is 32.3 Å². The van der Waals surface area contributed by atoms with Crippen LogP contribution in [-0.2, 0) is 6.42 Å². The average Bonchev–Trinajstić information content (AvgIpc) is 2.72. The van der Waals surface area contributed by atoms with Crippen molar-refractivity contribution in [1.29, 1.82) is 0 Å². The van der Waals surface area contributed by atoms with Gasteiger partial charge in [-0.1, -0.05) is 12.5 Å². The summed E-state index contributed by atoms with van der Waals surface area (Å²) in [6, 6.07) is 4.23. The first-order valence-electron chi connectivity index (χ1n) is 5.23. The van der Waals surface area contributed by atoms with Gasteiger partial charge in [0.1, 0.15) is 0 Å². The van der Waals surface area contributed by atoms with Crippen LogP contribution in [0.4, 0.5) is 0 Å². The molecule has 0 aliphatic carbocycles. The van der Waals surface area contributed by atoms with Crippen molar-refractivity contribution in [2.45, 2.75) is 31.2 Å². The van der Waals surface area contributed by atoms with Crippen molar-refractivity contribution >= 4 is 11.3 Å². The van der Waals surface area contributed by atoms with Gasteiger partial charge < -0.3 is 10.4 Å². The van der Waals surface area contributed by atoms with Crippen LogP contribution in [0.1, 0.15) is 24.1 Å². The number of thiophene rings is 1. The van der Waals surface area contributed by atoms with E-state index in [9.17, 15) is 5.11 Å². The Labute approximate surface area is 89.0 Å². The quantitative estimate of drug-likeness (QED) is 0.799. The van der Waals surface area contributed by atoms with Crippen LogP contribution in [0.3, 0.4) is 0 Å². The van der Waals surface area contributed by atoms with E-state index in [1.807, 2.05) is 0 Å². The first-order chi connectivity index (χ1) is 6.85. The molecule has 0 saturated carbocycles. The molecule has 2 nitrogen and oxygen atoms in total. The van der Waals surface area contributed by atoms with E-state index in [1.54, 1.807) is 11.3 Å². The Hall–Kier alpha value is -0.380. The second kappa shape index (κ2) is 4.43. The summed E-state index contributed by atoms with van der Waals surface area (Å²) in [6.45, 7) is 1.30. The van der Waals surface area contributed by atoms with Gasteiger partial charge in [0.2, 0.25) is 0 Å². The van der Waals surface area contributed by atoms with Gasteiger partial charge >= 0.3 is 0 Å². The second-order valence-corrected chi connectivity index (χ2v) is 5.11. The maximum absolute atomic E-state index is 9.48. The summed E-state index contributed by atoms with van der Waals surface area (Å²) in [7, 11) is 0. The highest BCUT2D eigenvalue weighted by Crippen LogP contribution is 2.25. The van der Waals surface area contributed by atoms with E-state index >= 15 is 0 Å². The molecule has 78 valence electrons. The lowest BCUT2D eigenvalue weighted by atomic mass is 9.86. The van der Waals surface area contributed by atoms with E-state index in [0.29, 0.717) is 0 Å². The summed E-state index contributed by atoms with van der Waals surface area (Å²) in [6.07, 6.45) is 4.55. The molecule has 2 rings (SSSR count). The van der Waals surface area contributed by atoms with Gasteiger partial charge in [0.15, 0.2) is 0 Å². The molecule has 0 spiro atoms. The van der Waals surface area contributed by atoms with E-state index in [1.165, 1.54) is 17.7 Å². The number of rotatable bonds is 3. The highest BCUT2D eigenvalue weighted by atomic mass is 32.1. The number of piperidine rings is 1. The monoisotopic (exact) mass is 211 g/mol. The van der Waals surface area contributed by atoms with Crippen molar-refractivity contribution in [1.82, 2.24) is 5.32 Å². The third-order valence-corrected chi connectivity index (χ3v) is 3.85. The maximum atomic E-state index is 9.48. The van der Waals surface area contributed by atoms with E-state index < -0.39 is 0 Å². The van der Waals surface area contributed by atoms with Crippen LogP contribution in [0.25, 0.3) is 0 Å². The molecule has 1 unspecified atom stereocenters. The summed E-state index contributed by atoms with van der Waals surface area (Å²) >= 11 is 1.78. The van der Waals surface area contributed by atoms with Gasteiger partial charge in [-0.05, 0) is 30.8 Å². The van der Waals surface area contributed by atoms with Crippen LogP contribution in [0.2, 0.25) is 0 Å². The molecule has 0 radical (unpaired) electrons. The number of hydrogen-bond acceptors (Lipinski definition) is 3. The van der Waals surface area contributed by atoms with Crippen molar-refractivity contribution in [3.8, 4) is 0 Å². The molecule has 0 bridgehead atoms. The van der Waals surface area contributed by atoms with Gasteiger partial charge in [-0.15, -0.1) is 11.3 Å². The molecule has 1 atom stereocenters. The Bertz CT molecular complexity index is 265. The van der Waals surface area contributed by atoms with Gasteiger partial charge in [0.25, 0.3) is 0 Å². The van der Waals surface area contributed by atoms with Crippen LogP contribution in [-0.4, -0.2) is 23.8 Å². The van der Waals surface area contributed by atoms with Crippen molar-refractivity contribution in [2.75, 3.05) is 13.2 Å². The zero-order chi connectivity index (χ0) is 9.86. The minimum absolute atomic E-state index is 0.0386. The first-order valence-corrected chi connectivity index (χ1v) is 6.11. The molecule has 1 fully saturated rings. The predicted octanol–water partition coefficient (Wildman–Crippen LogP) is 1.80. The van der Waals surface area contributed by atoms with Gasteiger partial charge in [0.05, 0.1) is 6.61 Å². The van der Waals surface area contributed by atoms with Crippen molar-refractivity contribution in [3.05, 3.63) is 22.4 Å². The molecule has 1 aromatic heterocycles.